The van der Waals surface area contributed by atoms with Crippen LogP contribution in [0, 0.1) is 0 Å². The van der Waals surface area contributed by atoms with Crippen molar-refractivity contribution < 1.29 is 149 Å². The number of aromatic carboxylic acids is 1. The van der Waals surface area contributed by atoms with E-state index in [1.807, 2.05) is 0 Å². The van der Waals surface area contributed by atoms with Crippen LogP contribution in [0.2, 0.25) is 0 Å². The molecule has 0 heterocycles. The van der Waals surface area contributed by atoms with Gasteiger partial charge in [0, 0.05) is 16.2 Å². The third-order valence-electron chi connectivity index (χ3n) is 8.09. The predicted molar refractivity (Wildman–Crippen MR) is 186 cm³/mol. The predicted octanol–water partition coefficient (Wildman–Crippen LogP) is -3.07. The van der Waals surface area contributed by atoms with E-state index in [4.69, 9.17) is 9.47 Å². The molecular weight excluding hydrogens is 818 g/mol. The molecule has 6 aromatic carbocycles. The van der Waals surface area contributed by atoms with Crippen LogP contribution in [0.5, 0.6) is 28.7 Å². The minimum absolute atomic E-state index is 0. The van der Waals surface area contributed by atoms with E-state index in [9.17, 15) is 51.2 Å². The Balaban J connectivity index is 0.00000290. The van der Waals surface area contributed by atoms with Crippen molar-refractivity contribution in [3.05, 3.63) is 90.5 Å². The molecule has 0 radical (unpaired) electrons. The zero-order chi connectivity index (χ0) is 39.1. The number of methoxy groups -OCH3 is 2. The summed E-state index contributed by atoms with van der Waals surface area (Å²) in [5, 5.41) is 63.3. The molecule has 0 amide bonds. The number of ether oxygens (including phenoxy) is 2. The number of nitrogens with zero attached hydrogens (tertiary/aromatic N) is 4. The van der Waals surface area contributed by atoms with Crippen LogP contribution in [-0.4, -0.2) is 51.2 Å². The maximum absolute atomic E-state index is 13.1. The fourth-order valence-corrected chi connectivity index (χ4v) is 7.00. The normalized spacial score (nSPS) is 11.6. The number of benzene rings is 6. The number of rotatable bonds is 10. The van der Waals surface area contributed by atoms with E-state index in [1.165, 1.54) is 50.6 Å². The number of carboxylic acid groups (broad SMARTS) is 1. The Labute approximate surface area is 390 Å². The quantitative estimate of drug-likeness (QED) is 0.0703. The summed E-state index contributed by atoms with van der Waals surface area (Å²) >= 11 is 0. The zero-order valence-corrected chi connectivity index (χ0v) is 38.2. The molecule has 276 valence electrons. The summed E-state index contributed by atoms with van der Waals surface area (Å²) in [6.45, 7) is 0. The van der Waals surface area contributed by atoms with Gasteiger partial charge in [0.1, 0.15) is 32.7 Å². The average molecular weight is 841 g/mol. The fraction of sp³-hybridized carbons (Fsp3) is 0.0571. The largest absolute Gasteiger partial charge is 1.00 e. The number of carboxylic acids is 1. The SMILES string of the molecule is COc1cc(-c2ccc(N=Nc3c([O-])ccc4c(S(=O)(=O)O)cc(C(=O)O)c([O-])c34)c(OC)c2)ccc1N=Nc1cc(S(=O)(=O)O)c2ccccc2c1[O-].[Na+].[Na+].[Na+]. The summed E-state index contributed by atoms with van der Waals surface area (Å²) in [4.78, 5) is 10.3. The molecule has 0 spiro atoms. The van der Waals surface area contributed by atoms with Gasteiger partial charge in [-0.3, -0.25) is 9.11 Å². The van der Waals surface area contributed by atoms with Gasteiger partial charge in [-0.1, -0.05) is 65.8 Å². The van der Waals surface area contributed by atoms with Gasteiger partial charge in [-0.15, -0.1) is 10.2 Å². The molecule has 0 saturated heterocycles. The van der Waals surface area contributed by atoms with Crippen LogP contribution in [0.25, 0.3) is 32.7 Å². The molecular formula is C35H23N4Na3O13S2. The summed E-state index contributed by atoms with van der Waals surface area (Å²) in [5.74, 6) is -4.21. The molecule has 0 atom stereocenters. The Hall–Kier alpha value is -3.67. The Kier molecular flexibility index (Phi) is 15.8. The van der Waals surface area contributed by atoms with Crippen LogP contribution in [0.3, 0.4) is 0 Å². The second kappa shape index (κ2) is 18.9. The topological polar surface area (TPSA) is 283 Å². The minimum atomic E-state index is -5.04. The molecule has 0 aliphatic heterocycles. The first-order valence-electron chi connectivity index (χ1n) is 15.1. The van der Waals surface area contributed by atoms with Crippen LogP contribution in [0.4, 0.5) is 22.7 Å². The minimum Gasteiger partial charge on any atom is -0.871 e. The molecule has 22 heteroatoms. The van der Waals surface area contributed by atoms with Crippen molar-refractivity contribution in [1.29, 1.82) is 0 Å². The third kappa shape index (κ3) is 9.80. The molecule has 0 aromatic heterocycles. The van der Waals surface area contributed by atoms with Crippen LogP contribution in [0.1, 0.15) is 10.4 Å². The Morgan fingerprint density at radius 2 is 1.09 bits per heavy atom. The van der Waals surface area contributed by atoms with Crippen LogP contribution in [-0.2, 0) is 20.2 Å². The first kappa shape index (κ1) is 47.7. The number of azo groups is 2. The first-order valence-corrected chi connectivity index (χ1v) is 18.0. The summed E-state index contributed by atoms with van der Waals surface area (Å²) in [6, 6.07) is 18.4. The molecule has 0 saturated carbocycles. The molecule has 0 aliphatic carbocycles. The molecule has 0 bridgehead atoms. The van der Waals surface area contributed by atoms with E-state index in [1.54, 1.807) is 24.3 Å². The molecule has 0 fully saturated rings. The zero-order valence-electron chi connectivity index (χ0n) is 30.6. The Morgan fingerprint density at radius 1 is 0.596 bits per heavy atom. The van der Waals surface area contributed by atoms with E-state index in [0.29, 0.717) is 17.2 Å². The van der Waals surface area contributed by atoms with Crippen molar-refractivity contribution in [2.75, 3.05) is 14.2 Å². The maximum atomic E-state index is 13.1. The van der Waals surface area contributed by atoms with Gasteiger partial charge in [0.15, 0.2) is 0 Å². The molecule has 0 unspecified atom stereocenters. The van der Waals surface area contributed by atoms with Crippen LogP contribution in [0.15, 0.2) is 115 Å². The van der Waals surface area contributed by atoms with Gasteiger partial charge in [-0.25, -0.2) is 4.79 Å². The van der Waals surface area contributed by atoms with Crippen molar-refractivity contribution in [2.24, 2.45) is 20.5 Å². The summed E-state index contributed by atoms with van der Waals surface area (Å²) in [7, 11) is -7.08. The van der Waals surface area contributed by atoms with Crippen LogP contribution < -0.4 is 113 Å². The Morgan fingerprint density at radius 3 is 1.60 bits per heavy atom. The Bertz CT molecular complexity index is 2840. The summed E-state index contributed by atoms with van der Waals surface area (Å²) < 4.78 is 78.6. The van der Waals surface area contributed by atoms with Crippen molar-refractivity contribution >= 4 is 70.5 Å². The molecule has 6 rings (SSSR count). The van der Waals surface area contributed by atoms with Gasteiger partial charge in [-0.05, 0) is 52.9 Å². The second-order valence-corrected chi connectivity index (χ2v) is 14.1. The van der Waals surface area contributed by atoms with Gasteiger partial charge in [0.25, 0.3) is 20.2 Å². The number of carbonyl (C=O) groups is 1. The molecule has 0 aliphatic rings. The van der Waals surface area contributed by atoms with Gasteiger partial charge < -0.3 is 29.9 Å². The molecule has 3 N–H and O–H groups in total. The third-order valence-corrected chi connectivity index (χ3v) is 9.88. The fourth-order valence-electron chi connectivity index (χ4n) is 5.57. The second-order valence-electron chi connectivity index (χ2n) is 11.3. The molecule has 6 aromatic rings. The maximum Gasteiger partial charge on any atom is 1.00 e. The number of hydrogen-bond donors (Lipinski definition) is 3. The number of fused-ring (bicyclic) bond motifs is 2. The van der Waals surface area contributed by atoms with Gasteiger partial charge in [0.2, 0.25) is 0 Å². The van der Waals surface area contributed by atoms with Gasteiger partial charge in [0.05, 0.1) is 31.2 Å². The van der Waals surface area contributed by atoms with E-state index >= 15 is 0 Å². The summed E-state index contributed by atoms with van der Waals surface area (Å²) in [5.41, 5.74) is -0.735. The van der Waals surface area contributed by atoms with E-state index < -0.39 is 75.3 Å². The smallest absolute Gasteiger partial charge is 0.871 e. The first-order chi connectivity index (χ1) is 25.5. The molecule has 57 heavy (non-hydrogen) atoms. The van der Waals surface area contributed by atoms with Crippen molar-refractivity contribution in [2.45, 2.75) is 9.79 Å². The van der Waals surface area contributed by atoms with Crippen LogP contribution >= 0.6 is 0 Å². The number of hydrogen-bond acceptors (Lipinski definition) is 14. The molecule has 17 nitrogen and oxygen atoms in total. The van der Waals surface area contributed by atoms with Gasteiger partial charge in [-0.2, -0.15) is 27.1 Å². The van der Waals surface area contributed by atoms with Crippen molar-refractivity contribution in [3.8, 4) is 39.9 Å². The summed E-state index contributed by atoms with van der Waals surface area (Å²) in [6.07, 6.45) is 0. The standard InChI is InChI=1S/C35H26N4O13S2.3Na/c1-51-27-13-17(7-10-23(27)36-38-25-16-30(54(48,49)50)19-5-3-4-6-20(19)33(25)41)18-8-11-24(28(14-18)52-2)37-39-32-26(40)12-9-21-29(53(45,46)47)15-22(35(43)44)34(42)31(21)32;;;/h3-16,40-42H,1-2H3,(H,43,44)(H,45,46,47)(H,48,49,50);;;/q;3*+1/p-3. The average Bonchev–Trinajstić information content (AvgIpc) is 3.13. The van der Waals surface area contributed by atoms with Gasteiger partial charge >= 0.3 is 94.6 Å². The van der Waals surface area contributed by atoms with E-state index in [-0.39, 0.29) is 128 Å². The van der Waals surface area contributed by atoms with Crippen molar-refractivity contribution in [3.63, 3.8) is 0 Å². The monoisotopic (exact) mass is 840 g/mol. The van der Waals surface area contributed by atoms with E-state index in [0.717, 1.165) is 18.2 Å². The van der Waals surface area contributed by atoms with E-state index in [2.05, 4.69) is 20.5 Å². The van der Waals surface area contributed by atoms with Crippen molar-refractivity contribution in [1.82, 2.24) is 0 Å².